The zero-order valence-corrected chi connectivity index (χ0v) is 13.9. The summed E-state index contributed by atoms with van der Waals surface area (Å²) in [6, 6.07) is 10.1. The maximum atomic E-state index is 6.21. The molecular formula is C15H18BrClN2O. The van der Waals surface area contributed by atoms with Crippen LogP contribution in [0.15, 0.2) is 45.5 Å². The van der Waals surface area contributed by atoms with E-state index < -0.39 is 0 Å². The Morgan fingerprint density at radius 3 is 2.75 bits per heavy atom. The van der Waals surface area contributed by atoms with Crippen molar-refractivity contribution in [2.45, 2.75) is 12.6 Å². The largest absolute Gasteiger partial charge is 0.468 e. The van der Waals surface area contributed by atoms with Crippen LogP contribution >= 0.6 is 27.5 Å². The van der Waals surface area contributed by atoms with Crippen molar-refractivity contribution in [3.8, 4) is 0 Å². The predicted molar refractivity (Wildman–Crippen MR) is 86.0 cm³/mol. The molecule has 0 bridgehead atoms. The molecule has 1 aromatic carbocycles. The van der Waals surface area contributed by atoms with E-state index in [4.69, 9.17) is 16.0 Å². The summed E-state index contributed by atoms with van der Waals surface area (Å²) in [5, 5.41) is 4.20. The maximum absolute atomic E-state index is 6.21. The first-order valence-electron chi connectivity index (χ1n) is 6.42. The van der Waals surface area contributed by atoms with Crippen molar-refractivity contribution in [3.05, 3.63) is 57.4 Å². The molecule has 0 aliphatic carbocycles. The standard InChI is InChI=1S/C15H18BrClN2O/c1-19(2)14(15-4-3-7-20-15)10-18-9-11-5-6-12(16)8-13(11)17/h3-8,14,18H,9-10H2,1-2H3. The van der Waals surface area contributed by atoms with Crippen LogP contribution in [0.25, 0.3) is 0 Å². The minimum atomic E-state index is 0.208. The number of likely N-dealkylation sites (N-methyl/N-ethyl adjacent to an activating group) is 1. The van der Waals surface area contributed by atoms with Crippen molar-refractivity contribution in [1.82, 2.24) is 10.2 Å². The molecule has 20 heavy (non-hydrogen) atoms. The minimum absolute atomic E-state index is 0.208. The normalized spacial score (nSPS) is 12.8. The van der Waals surface area contributed by atoms with Crippen LogP contribution in [0.5, 0.6) is 0 Å². The highest BCUT2D eigenvalue weighted by atomic mass is 79.9. The van der Waals surface area contributed by atoms with Crippen LogP contribution in [0.4, 0.5) is 0 Å². The molecule has 1 unspecified atom stereocenters. The summed E-state index contributed by atoms with van der Waals surface area (Å²) in [4.78, 5) is 2.13. The van der Waals surface area contributed by atoms with E-state index in [0.29, 0.717) is 0 Å². The lowest BCUT2D eigenvalue weighted by molar-refractivity contribution is 0.250. The summed E-state index contributed by atoms with van der Waals surface area (Å²) in [5.41, 5.74) is 1.09. The highest BCUT2D eigenvalue weighted by Crippen LogP contribution is 2.22. The summed E-state index contributed by atoms with van der Waals surface area (Å²) in [6.45, 7) is 1.53. The van der Waals surface area contributed by atoms with Gasteiger partial charge in [-0.25, -0.2) is 0 Å². The van der Waals surface area contributed by atoms with Crippen LogP contribution in [0.3, 0.4) is 0 Å². The second-order valence-corrected chi connectivity index (χ2v) is 6.18. The Hall–Kier alpha value is -0.810. The number of nitrogens with zero attached hydrogens (tertiary/aromatic N) is 1. The molecule has 0 saturated heterocycles. The van der Waals surface area contributed by atoms with Crippen LogP contribution in [-0.4, -0.2) is 25.5 Å². The lowest BCUT2D eigenvalue weighted by atomic mass is 10.2. The van der Waals surface area contributed by atoms with Gasteiger partial charge in [0.2, 0.25) is 0 Å². The van der Waals surface area contributed by atoms with Gasteiger partial charge in [-0.2, -0.15) is 0 Å². The summed E-state index contributed by atoms with van der Waals surface area (Å²) < 4.78 is 6.48. The van der Waals surface area contributed by atoms with Gasteiger partial charge in [0.25, 0.3) is 0 Å². The van der Waals surface area contributed by atoms with Gasteiger partial charge in [0.05, 0.1) is 12.3 Å². The third kappa shape index (κ3) is 4.09. The lowest BCUT2D eigenvalue weighted by Gasteiger charge is -2.22. The van der Waals surface area contributed by atoms with Crippen LogP contribution in [0.2, 0.25) is 5.02 Å². The number of benzene rings is 1. The Kier molecular flexibility index (Phi) is 5.66. The molecule has 0 spiro atoms. The summed E-state index contributed by atoms with van der Waals surface area (Å²) in [7, 11) is 4.09. The second kappa shape index (κ2) is 7.27. The van der Waals surface area contributed by atoms with Gasteiger partial charge in [0, 0.05) is 22.6 Å². The van der Waals surface area contributed by atoms with Crippen molar-refractivity contribution >= 4 is 27.5 Å². The first-order chi connectivity index (χ1) is 9.58. The Balaban J connectivity index is 1.94. The van der Waals surface area contributed by atoms with Gasteiger partial charge >= 0.3 is 0 Å². The van der Waals surface area contributed by atoms with Crippen LogP contribution in [-0.2, 0) is 6.54 Å². The molecular weight excluding hydrogens is 340 g/mol. The van der Waals surface area contributed by atoms with E-state index in [-0.39, 0.29) is 6.04 Å². The molecule has 108 valence electrons. The van der Waals surface area contributed by atoms with E-state index >= 15 is 0 Å². The molecule has 5 heteroatoms. The number of furan rings is 1. The Morgan fingerprint density at radius 1 is 1.35 bits per heavy atom. The van der Waals surface area contributed by atoms with E-state index in [9.17, 15) is 0 Å². The smallest absolute Gasteiger partial charge is 0.122 e. The first kappa shape index (κ1) is 15.6. The van der Waals surface area contributed by atoms with E-state index in [0.717, 1.165) is 33.9 Å². The average Bonchev–Trinajstić information content (AvgIpc) is 2.90. The molecule has 1 heterocycles. The Bertz CT molecular complexity index is 543. The van der Waals surface area contributed by atoms with Gasteiger partial charge in [-0.3, -0.25) is 4.90 Å². The zero-order chi connectivity index (χ0) is 14.5. The Labute approximate surface area is 133 Å². The van der Waals surface area contributed by atoms with Gasteiger partial charge in [-0.05, 0) is 43.9 Å². The first-order valence-corrected chi connectivity index (χ1v) is 7.59. The number of hydrogen-bond donors (Lipinski definition) is 1. The molecule has 1 N–H and O–H groups in total. The fourth-order valence-corrected chi connectivity index (χ4v) is 2.77. The van der Waals surface area contributed by atoms with E-state index in [1.807, 2.05) is 44.4 Å². The molecule has 2 rings (SSSR count). The van der Waals surface area contributed by atoms with Crippen LogP contribution < -0.4 is 5.32 Å². The quantitative estimate of drug-likeness (QED) is 0.844. The second-order valence-electron chi connectivity index (χ2n) is 4.86. The average molecular weight is 358 g/mol. The molecule has 0 aliphatic heterocycles. The summed E-state index contributed by atoms with van der Waals surface area (Å²) in [5.74, 6) is 0.962. The minimum Gasteiger partial charge on any atom is -0.468 e. The monoisotopic (exact) mass is 356 g/mol. The zero-order valence-electron chi connectivity index (χ0n) is 11.6. The third-order valence-electron chi connectivity index (χ3n) is 3.16. The van der Waals surface area contributed by atoms with Crippen molar-refractivity contribution in [2.75, 3.05) is 20.6 Å². The molecule has 0 radical (unpaired) electrons. The molecule has 0 fully saturated rings. The topological polar surface area (TPSA) is 28.4 Å². The summed E-state index contributed by atoms with van der Waals surface area (Å²) in [6.07, 6.45) is 1.71. The van der Waals surface area contributed by atoms with Crippen molar-refractivity contribution in [3.63, 3.8) is 0 Å². The van der Waals surface area contributed by atoms with E-state index in [2.05, 4.69) is 26.1 Å². The number of halogens is 2. The predicted octanol–water partition coefficient (Wildman–Crippen LogP) is 4.09. The van der Waals surface area contributed by atoms with Crippen molar-refractivity contribution < 1.29 is 4.42 Å². The Morgan fingerprint density at radius 2 is 2.15 bits per heavy atom. The van der Waals surface area contributed by atoms with Gasteiger partial charge in [-0.1, -0.05) is 33.6 Å². The number of hydrogen-bond acceptors (Lipinski definition) is 3. The third-order valence-corrected chi connectivity index (χ3v) is 4.01. The fraction of sp³-hybridized carbons (Fsp3) is 0.333. The van der Waals surface area contributed by atoms with Crippen LogP contribution in [0.1, 0.15) is 17.4 Å². The molecule has 1 aromatic heterocycles. The molecule has 2 aromatic rings. The SMILES string of the molecule is CN(C)C(CNCc1ccc(Br)cc1Cl)c1ccco1. The van der Waals surface area contributed by atoms with Crippen molar-refractivity contribution in [1.29, 1.82) is 0 Å². The van der Waals surface area contributed by atoms with Gasteiger partial charge in [0.15, 0.2) is 0 Å². The molecule has 0 saturated carbocycles. The molecule has 0 aliphatic rings. The van der Waals surface area contributed by atoms with Gasteiger partial charge < -0.3 is 9.73 Å². The van der Waals surface area contributed by atoms with E-state index in [1.54, 1.807) is 6.26 Å². The lowest BCUT2D eigenvalue weighted by Crippen LogP contribution is -2.30. The highest BCUT2D eigenvalue weighted by molar-refractivity contribution is 9.10. The fourth-order valence-electron chi connectivity index (χ4n) is 2.03. The number of rotatable bonds is 6. The van der Waals surface area contributed by atoms with Gasteiger partial charge in [0.1, 0.15) is 5.76 Å². The van der Waals surface area contributed by atoms with E-state index in [1.165, 1.54) is 0 Å². The van der Waals surface area contributed by atoms with Crippen molar-refractivity contribution in [2.24, 2.45) is 0 Å². The highest BCUT2D eigenvalue weighted by Gasteiger charge is 2.16. The van der Waals surface area contributed by atoms with Crippen LogP contribution in [0, 0.1) is 0 Å². The molecule has 1 atom stereocenters. The molecule has 0 amide bonds. The van der Waals surface area contributed by atoms with Gasteiger partial charge in [-0.15, -0.1) is 0 Å². The maximum Gasteiger partial charge on any atom is 0.122 e. The number of nitrogens with one attached hydrogen (secondary N) is 1. The molecule has 3 nitrogen and oxygen atoms in total. The summed E-state index contributed by atoms with van der Waals surface area (Å²) >= 11 is 9.62.